The maximum Gasteiger partial charge on any atom is 0.254 e. The van der Waals surface area contributed by atoms with Crippen LogP contribution < -0.4 is 0 Å². The van der Waals surface area contributed by atoms with E-state index in [4.69, 9.17) is 0 Å². The number of amides is 1. The van der Waals surface area contributed by atoms with Gasteiger partial charge < -0.3 is 4.90 Å². The second-order valence-electron chi connectivity index (χ2n) is 5.23. The molecule has 1 saturated carbocycles. The maximum absolute atomic E-state index is 12.4. The summed E-state index contributed by atoms with van der Waals surface area (Å²) in [7, 11) is 0. The molecule has 3 rings (SSSR count). The predicted octanol–water partition coefficient (Wildman–Crippen LogP) is 2.94. The van der Waals surface area contributed by atoms with E-state index in [0.717, 1.165) is 18.4 Å². The van der Waals surface area contributed by atoms with Gasteiger partial charge in [0.15, 0.2) is 0 Å². The molecule has 1 fully saturated rings. The van der Waals surface area contributed by atoms with Crippen molar-refractivity contribution in [3.05, 3.63) is 29.3 Å². The van der Waals surface area contributed by atoms with Gasteiger partial charge in [-0.05, 0) is 25.0 Å². The zero-order chi connectivity index (χ0) is 13.2. The van der Waals surface area contributed by atoms with Crippen molar-refractivity contribution in [2.24, 2.45) is 4.99 Å². The number of isocyanates is 1. The first kappa shape index (κ1) is 12.1. The van der Waals surface area contributed by atoms with Crippen LogP contribution in [0.5, 0.6) is 0 Å². The smallest absolute Gasteiger partial charge is 0.254 e. The van der Waals surface area contributed by atoms with Crippen molar-refractivity contribution in [3.8, 4) is 0 Å². The van der Waals surface area contributed by atoms with Crippen molar-refractivity contribution in [2.75, 3.05) is 0 Å². The van der Waals surface area contributed by atoms with Gasteiger partial charge in [-0.3, -0.25) is 4.79 Å². The summed E-state index contributed by atoms with van der Waals surface area (Å²) in [6, 6.07) is 5.71. The van der Waals surface area contributed by atoms with Crippen LogP contribution in [-0.4, -0.2) is 22.9 Å². The molecule has 19 heavy (non-hydrogen) atoms. The van der Waals surface area contributed by atoms with Crippen LogP contribution in [0.2, 0.25) is 0 Å². The Morgan fingerprint density at radius 2 is 2.00 bits per heavy atom. The first-order valence-electron chi connectivity index (χ1n) is 6.82. The number of fused-ring (bicyclic) bond motifs is 1. The van der Waals surface area contributed by atoms with Crippen LogP contribution in [0.4, 0.5) is 5.69 Å². The largest absolute Gasteiger partial charge is 0.331 e. The molecule has 1 aliphatic heterocycles. The van der Waals surface area contributed by atoms with Crippen molar-refractivity contribution in [3.63, 3.8) is 0 Å². The third-order valence-corrected chi connectivity index (χ3v) is 4.15. The number of rotatable bonds is 2. The lowest BCUT2D eigenvalue weighted by molar-refractivity contribution is 0.0660. The molecule has 1 aromatic rings. The molecule has 0 unspecified atom stereocenters. The highest BCUT2D eigenvalue weighted by molar-refractivity contribution is 6.00. The first-order valence-corrected chi connectivity index (χ1v) is 6.82. The second-order valence-corrected chi connectivity index (χ2v) is 5.23. The molecule has 2 aliphatic rings. The summed E-state index contributed by atoms with van der Waals surface area (Å²) >= 11 is 0. The van der Waals surface area contributed by atoms with E-state index in [1.165, 1.54) is 19.3 Å². The van der Waals surface area contributed by atoms with Crippen molar-refractivity contribution in [1.29, 1.82) is 0 Å². The molecule has 0 saturated heterocycles. The Morgan fingerprint density at radius 1 is 1.21 bits per heavy atom. The van der Waals surface area contributed by atoms with E-state index >= 15 is 0 Å². The summed E-state index contributed by atoms with van der Waals surface area (Å²) < 4.78 is 0. The van der Waals surface area contributed by atoms with Gasteiger partial charge in [0.25, 0.3) is 5.91 Å². The molecule has 1 amide bonds. The molecule has 4 nitrogen and oxygen atoms in total. The van der Waals surface area contributed by atoms with Crippen LogP contribution in [-0.2, 0) is 11.3 Å². The molecule has 1 aliphatic carbocycles. The summed E-state index contributed by atoms with van der Waals surface area (Å²) in [6.45, 7) is 0.584. The minimum absolute atomic E-state index is 0.0878. The Labute approximate surface area is 112 Å². The van der Waals surface area contributed by atoms with Gasteiger partial charge in [-0.2, -0.15) is 4.99 Å². The molecule has 4 heteroatoms. The Morgan fingerprint density at radius 3 is 2.74 bits per heavy atom. The van der Waals surface area contributed by atoms with E-state index in [0.29, 0.717) is 23.8 Å². The topological polar surface area (TPSA) is 49.7 Å². The summed E-state index contributed by atoms with van der Waals surface area (Å²) in [4.78, 5) is 28.5. The summed E-state index contributed by atoms with van der Waals surface area (Å²) in [6.07, 6.45) is 7.41. The standard InChI is InChI=1S/C15H16N2O2/c18-10-16-14-8-4-7-12-13(14)9-17(15(12)19)11-5-2-1-3-6-11/h4,7-8,11H,1-3,5-6,9H2. The molecule has 0 aromatic heterocycles. The van der Waals surface area contributed by atoms with E-state index in [9.17, 15) is 9.59 Å². The number of carbonyl (C=O) groups excluding carboxylic acids is 2. The maximum atomic E-state index is 12.4. The minimum atomic E-state index is 0.0878. The number of aliphatic imine (C=N–C) groups is 1. The van der Waals surface area contributed by atoms with E-state index in [2.05, 4.69) is 4.99 Å². The quantitative estimate of drug-likeness (QED) is 0.603. The molecular weight excluding hydrogens is 240 g/mol. The third-order valence-electron chi connectivity index (χ3n) is 4.15. The van der Waals surface area contributed by atoms with Crippen molar-refractivity contribution in [1.82, 2.24) is 4.90 Å². The number of nitrogens with zero attached hydrogens (tertiary/aromatic N) is 2. The molecule has 0 N–H and O–H groups in total. The fourth-order valence-corrected chi connectivity index (χ4v) is 3.18. The Bertz CT molecular complexity index is 555. The van der Waals surface area contributed by atoms with Gasteiger partial charge in [-0.15, -0.1) is 0 Å². The Hall–Kier alpha value is -1.93. The van der Waals surface area contributed by atoms with E-state index < -0.39 is 0 Å². The molecule has 1 aromatic carbocycles. The fraction of sp³-hybridized carbons (Fsp3) is 0.467. The lowest BCUT2D eigenvalue weighted by atomic mass is 9.94. The lowest BCUT2D eigenvalue weighted by Gasteiger charge is -2.30. The van der Waals surface area contributed by atoms with Crippen LogP contribution >= 0.6 is 0 Å². The number of hydrogen-bond donors (Lipinski definition) is 0. The Balaban J connectivity index is 1.92. The van der Waals surface area contributed by atoms with E-state index in [1.54, 1.807) is 18.2 Å². The van der Waals surface area contributed by atoms with Gasteiger partial charge >= 0.3 is 0 Å². The van der Waals surface area contributed by atoms with Gasteiger partial charge in [0.05, 0.1) is 5.69 Å². The Kier molecular flexibility index (Phi) is 3.18. The normalized spacial score (nSPS) is 19.2. The zero-order valence-electron chi connectivity index (χ0n) is 10.8. The van der Waals surface area contributed by atoms with Gasteiger partial charge in [-0.1, -0.05) is 25.3 Å². The zero-order valence-corrected chi connectivity index (χ0v) is 10.8. The van der Waals surface area contributed by atoms with Crippen molar-refractivity contribution >= 4 is 17.7 Å². The number of benzene rings is 1. The summed E-state index contributed by atoms with van der Waals surface area (Å²) in [5, 5.41) is 0. The average molecular weight is 256 g/mol. The van der Waals surface area contributed by atoms with E-state index in [-0.39, 0.29) is 5.91 Å². The van der Waals surface area contributed by atoms with Crippen LogP contribution in [0.25, 0.3) is 0 Å². The highest BCUT2D eigenvalue weighted by Crippen LogP contribution is 2.35. The fourth-order valence-electron chi connectivity index (χ4n) is 3.18. The molecule has 1 heterocycles. The lowest BCUT2D eigenvalue weighted by Crippen LogP contribution is -2.36. The van der Waals surface area contributed by atoms with Gasteiger partial charge in [0.1, 0.15) is 0 Å². The van der Waals surface area contributed by atoms with Crippen molar-refractivity contribution in [2.45, 2.75) is 44.7 Å². The molecular formula is C15H16N2O2. The number of carbonyl (C=O) groups is 1. The van der Waals surface area contributed by atoms with Crippen molar-refractivity contribution < 1.29 is 9.59 Å². The van der Waals surface area contributed by atoms with E-state index in [1.807, 2.05) is 11.0 Å². The molecule has 98 valence electrons. The van der Waals surface area contributed by atoms with Crippen LogP contribution in [0.15, 0.2) is 23.2 Å². The minimum Gasteiger partial charge on any atom is -0.331 e. The van der Waals surface area contributed by atoms with Gasteiger partial charge in [0.2, 0.25) is 6.08 Å². The second kappa shape index (κ2) is 4.98. The average Bonchev–Trinajstić information content (AvgIpc) is 2.79. The predicted molar refractivity (Wildman–Crippen MR) is 71.0 cm³/mol. The first-order chi connectivity index (χ1) is 9.31. The summed E-state index contributed by atoms with van der Waals surface area (Å²) in [5.74, 6) is 0.0878. The summed E-state index contributed by atoms with van der Waals surface area (Å²) in [5.41, 5.74) is 2.16. The molecule has 0 bridgehead atoms. The monoisotopic (exact) mass is 256 g/mol. The molecule has 0 atom stereocenters. The van der Waals surface area contributed by atoms with Gasteiger partial charge in [-0.25, -0.2) is 4.79 Å². The SMILES string of the molecule is O=C=Nc1cccc2c1CN(C1CCCCC1)C2=O. The van der Waals surface area contributed by atoms with Crippen LogP contribution in [0.1, 0.15) is 48.0 Å². The molecule has 0 radical (unpaired) electrons. The number of hydrogen-bond acceptors (Lipinski definition) is 3. The molecule has 0 spiro atoms. The highest BCUT2D eigenvalue weighted by Gasteiger charge is 2.34. The van der Waals surface area contributed by atoms with Crippen LogP contribution in [0, 0.1) is 0 Å². The third kappa shape index (κ3) is 2.08. The van der Waals surface area contributed by atoms with Crippen LogP contribution in [0.3, 0.4) is 0 Å². The highest BCUT2D eigenvalue weighted by atomic mass is 16.2. The van der Waals surface area contributed by atoms with Gasteiger partial charge in [0, 0.05) is 23.7 Å².